The van der Waals surface area contributed by atoms with Gasteiger partial charge in [-0.3, -0.25) is 19.7 Å². The molecular formula is C29H30ClFN6O. The molecule has 0 radical (unpaired) electrons. The van der Waals surface area contributed by atoms with Crippen molar-refractivity contribution in [1.29, 1.82) is 0 Å². The molecule has 0 bridgehead atoms. The predicted octanol–water partition coefficient (Wildman–Crippen LogP) is 5.31. The van der Waals surface area contributed by atoms with Gasteiger partial charge in [-0.15, -0.1) is 0 Å². The molecule has 196 valence electrons. The summed E-state index contributed by atoms with van der Waals surface area (Å²) in [6.45, 7) is 2.92. The number of rotatable bonds is 5. The number of nitrogens with zero attached hydrogens (tertiary/aromatic N) is 6. The Kier molecular flexibility index (Phi) is 6.84. The number of hydrogen-bond donors (Lipinski definition) is 0. The number of piperidine rings is 2. The summed E-state index contributed by atoms with van der Waals surface area (Å²) in [5.74, 6) is 0.433. The minimum atomic E-state index is -1.79. The maximum absolute atomic E-state index is 15.9. The van der Waals surface area contributed by atoms with Crippen molar-refractivity contribution >= 4 is 28.5 Å². The maximum Gasteiger partial charge on any atom is 0.260 e. The summed E-state index contributed by atoms with van der Waals surface area (Å²) < 4.78 is 18.1. The number of aromatic nitrogens is 4. The van der Waals surface area contributed by atoms with Crippen LogP contribution in [-0.4, -0.2) is 67.1 Å². The molecule has 1 aromatic carbocycles. The molecule has 2 fully saturated rings. The second-order valence-corrected chi connectivity index (χ2v) is 10.7. The van der Waals surface area contributed by atoms with Crippen molar-refractivity contribution in [2.75, 3.05) is 26.2 Å². The Balaban J connectivity index is 1.14. The van der Waals surface area contributed by atoms with Crippen LogP contribution in [-0.2, 0) is 11.3 Å². The fourth-order valence-electron chi connectivity index (χ4n) is 5.75. The highest BCUT2D eigenvalue weighted by molar-refractivity contribution is 6.31. The lowest BCUT2D eigenvalue weighted by Crippen LogP contribution is -2.53. The van der Waals surface area contributed by atoms with Crippen LogP contribution in [0.25, 0.3) is 22.6 Å². The molecule has 9 heteroatoms. The van der Waals surface area contributed by atoms with Crippen LogP contribution in [0.3, 0.4) is 0 Å². The topological polar surface area (TPSA) is 67.2 Å². The van der Waals surface area contributed by atoms with Gasteiger partial charge in [0.05, 0.1) is 11.0 Å². The van der Waals surface area contributed by atoms with E-state index in [2.05, 4.69) is 19.4 Å². The number of alkyl halides is 1. The number of halogens is 2. The minimum Gasteiger partial charge on any atom is -0.340 e. The van der Waals surface area contributed by atoms with Crippen LogP contribution >= 0.6 is 11.6 Å². The molecule has 5 heterocycles. The first-order valence-electron chi connectivity index (χ1n) is 13.2. The fourth-order valence-corrected chi connectivity index (χ4v) is 5.92. The van der Waals surface area contributed by atoms with Crippen LogP contribution in [0.1, 0.15) is 37.3 Å². The quantitative estimate of drug-likeness (QED) is 0.348. The van der Waals surface area contributed by atoms with Gasteiger partial charge < -0.3 is 9.47 Å². The van der Waals surface area contributed by atoms with Crippen molar-refractivity contribution in [2.24, 2.45) is 0 Å². The van der Waals surface area contributed by atoms with Crippen LogP contribution in [0, 0.1) is 0 Å². The second-order valence-electron chi connectivity index (χ2n) is 10.3. The van der Waals surface area contributed by atoms with Gasteiger partial charge in [-0.1, -0.05) is 17.7 Å². The molecular weight excluding hydrogens is 503 g/mol. The Hall–Kier alpha value is -3.36. The fraction of sp³-hybridized carbons (Fsp3) is 0.379. The third-order valence-electron chi connectivity index (χ3n) is 7.85. The second kappa shape index (κ2) is 10.4. The third-order valence-corrected chi connectivity index (χ3v) is 8.08. The molecule has 7 nitrogen and oxygen atoms in total. The lowest BCUT2D eigenvalue weighted by molar-refractivity contribution is -0.148. The van der Waals surface area contributed by atoms with Crippen LogP contribution in [0.15, 0.2) is 67.1 Å². The van der Waals surface area contributed by atoms with Crippen LogP contribution in [0.5, 0.6) is 0 Å². The van der Waals surface area contributed by atoms with E-state index in [1.54, 1.807) is 23.5 Å². The molecule has 38 heavy (non-hydrogen) atoms. The largest absolute Gasteiger partial charge is 0.340 e. The highest BCUT2D eigenvalue weighted by Crippen LogP contribution is 2.36. The number of pyridine rings is 2. The van der Waals surface area contributed by atoms with E-state index in [4.69, 9.17) is 16.6 Å². The van der Waals surface area contributed by atoms with E-state index in [0.717, 1.165) is 47.5 Å². The van der Waals surface area contributed by atoms with Crippen molar-refractivity contribution in [2.45, 2.75) is 43.9 Å². The third kappa shape index (κ3) is 4.90. The molecule has 0 aliphatic carbocycles. The number of likely N-dealkylation sites (tertiary alicyclic amines) is 2. The Morgan fingerprint density at radius 1 is 1.00 bits per heavy atom. The summed E-state index contributed by atoms with van der Waals surface area (Å²) in [5, 5.41) is 0.634. The van der Waals surface area contributed by atoms with E-state index in [-0.39, 0.29) is 24.8 Å². The van der Waals surface area contributed by atoms with Gasteiger partial charge in [-0.05, 0) is 60.9 Å². The molecule has 6 rings (SSSR count). The van der Waals surface area contributed by atoms with E-state index < -0.39 is 5.67 Å². The first-order valence-corrected chi connectivity index (χ1v) is 13.6. The molecule has 2 aliphatic rings. The summed E-state index contributed by atoms with van der Waals surface area (Å²) in [4.78, 5) is 30.7. The van der Waals surface area contributed by atoms with Gasteiger partial charge in [0.15, 0.2) is 11.5 Å². The first kappa shape index (κ1) is 24.9. The molecule has 0 atom stereocenters. The normalized spacial score (nSPS) is 18.6. The van der Waals surface area contributed by atoms with Gasteiger partial charge in [-0.25, -0.2) is 9.37 Å². The lowest BCUT2D eigenvalue weighted by Gasteiger charge is -2.40. The van der Waals surface area contributed by atoms with Crippen molar-refractivity contribution in [1.82, 2.24) is 29.3 Å². The Morgan fingerprint density at radius 2 is 1.76 bits per heavy atom. The van der Waals surface area contributed by atoms with Crippen molar-refractivity contribution in [3.8, 4) is 11.5 Å². The van der Waals surface area contributed by atoms with Gasteiger partial charge in [-0.2, -0.15) is 0 Å². The average Bonchev–Trinajstić information content (AvgIpc) is 3.34. The number of fused-ring (bicyclic) bond motifs is 1. The number of imidazole rings is 1. The minimum absolute atomic E-state index is 0.125. The van der Waals surface area contributed by atoms with Crippen LogP contribution < -0.4 is 0 Å². The summed E-state index contributed by atoms with van der Waals surface area (Å²) in [6, 6.07) is 15.6. The zero-order valence-corrected chi connectivity index (χ0v) is 21.9. The number of amides is 1. The molecule has 2 saturated heterocycles. The molecule has 4 aromatic rings. The standard InChI is InChI=1S/C29H30ClFN6O/c30-22-4-5-26-25(19-22)34-27(24-3-1-2-12-33-24)37(26)23-8-15-36(16-9-23)28(38)29(31)10-17-35(18-11-29)20-21-6-13-32-14-7-21/h1-7,12-14,19,23H,8-11,15-18,20H2. The Morgan fingerprint density at radius 3 is 2.47 bits per heavy atom. The van der Waals surface area contributed by atoms with Gasteiger partial charge in [0, 0.05) is 75.2 Å². The number of hydrogen-bond acceptors (Lipinski definition) is 5. The molecule has 0 unspecified atom stereocenters. The number of carbonyl (C=O) groups excluding carboxylic acids is 1. The summed E-state index contributed by atoms with van der Waals surface area (Å²) in [5.41, 5.74) is 1.96. The van der Waals surface area contributed by atoms with Crippen molar-refractivity contribution < 1.29 is 9.18 Å². The molecule has 0 spiro atoms. The van der Waals surface area contributed by atoms with Crippen molar-refractivity contribution in [3.63, 3.8) is 0 Å². The van der Waals surface area contributed by atoms with Gasteiger partial charge in [0.1, 0.15) is 5.69 Å². The summed E-state index contributed by atoms with van der Waals surface area (Å²) in [6.07, 6.45) is 7.21. The zero-order chi connectivity index (χ0) is 26.1. The highest BCUT2D eigenvalue weighted by Gasteiger charge is 2.45. The number of benzene rings is 1. The Bertz CT molecular complexity index is 1410. The zero-order valence-electron chi connectivity index (χ0n) is 21.1. The van der Waals surface area contributed by atoms with E-state index in [1.807, 2.05) is 48.5 Å². The molecule has 1 amide bonds. The van der Waals surface area contributed by atoms with Gasteiger partial charge in [0.25, 0.3) is 5.91 Å². The van der Waals surface area contributed by atoms with Crippen LogP contribution in [0.4, 0.5) is 4.39 Å². The monoisotopic (exact) mass is 532 g/mol. The lowest BCUT2D eigenvalue weighted by atomic mass is 9.90. The van der Waals surface area contributed by atoms with E-state index in [1.165, 1.54) is 0 Å². The van der Waals surface area contributed by atoms with E-state index in [0.29, 0.717) is 31.2 Å². The molecule has 0 N–H and O–H groups in total. The SMILES string of the molecule is O=C(N1CCC(n2c(-c3ccccn3)nc3cc(Cl)ccc32)CC1)C1(F)CCN(Cc2ccncc2)CC1. The smallest absolute Gasteiger partial charge is 0.260 e. The molecule has 2 aliphatic heterocycles. The molecule has 0 saturated carbocycles. The first-order chi connectivity index (χ1) is 18.5. The highest BCUT2D eigenvalue weighted by atomic mass is 35.5. The predicted molar refractivity (Wildman–Crippen MR) is 145 cm³/mol. The van der Waals surface area contributed by atoms with E-state index >= 15 is 4.39 Å². The van der Waals surface area contributed by atoms with Crippen molar-refractivity contribution in [3.05, 3.63) is 77.7 Å². The summed E-state index contributed by atoms with van der Waals surface area (Å²) >= 11 is 6.25. The van der Waals surface area contributed by atoms with Crippen LogP contribution in [0.2, 0.25) is 5.02 Å². The molecule has 3 aromatic heterocycles. The maximum atomic E-state index is 15.9. The number of carbonyl (C=O) groups is 1. The Labute approximate surface area is 226 Å². The summed E-state index contributed by atoms with van der Waals surface area (Å²) in [7, 11) is 0. The van der Waals surface area contributed by atoms with Gasteiger partial charge >= 0.3 is 0 Å². The van der Waals surface area contributed by atoms with Gasteiger partial charge in [0.2, 0.25) is 0 Å². The average molecular weight is 533 g/mol. The van der Waals surface area contributed by atoms with E-state index in [9.17, 15) is 4.79 Å².